The average Bonchev–Trinajstić information content (AvgIpc) is 2.49. The van der Waals surface area contributed by atoms with Gasteiger partial charge in [0.1, 0.15) is 0 Å². The molecular formula is C14H29NO2. The third-order valence-corrected chi connectivity index (χ3v) is 4.29. The first-order valence-corrected chi connectivity index (χ1v) is 6.95. The number of nitrogens with zero attached hydrogens (tertiary/aromatic N) is 1. The van der Waals surface area contributed by atoms with Crippen LogP contribution in [0.3, 0.4) is 0 Å². The van der Waals surface area contributed by atoms with E-state index < -0.39 is 5.60 Å². The highest BCUT2D eigenvalue weighted by atomic mass is 16.5. The Labute approximate surface area is 106 Å². The van der Waals surface area contributed by atoms with E-state index in [4.69, 9.17) is 4.74 Å². The van der Waals surface area contributed by atoms with Crippen molar-refractivity contribution in [2.75, 3.05) is 26.8 Å². The van der Waals surface area contributed by atoms with Crippen LogP contribution in [0, 0.1) is 5.92 Å². The predicted molar refractivity (Wildman–Crippen MR) is 71.2 cm³/mol. The van der Waals surface area contributed by atoms with Gasteiger partial charge in [0.2, 0.25) is 0 Å². The van der Waals surface area contributed by atoms with Crippen molar-refractivity contribution in [3.05, 3.63) is 0 Å². The van der Waals surface area contributed by atoms with Crippen molar-refractivity contribution in [1.29, 1.82) is 0 Å². The van der Waals surface area contributed by atoms with Crippen LogP contribution in [-0.4, -0.2) is 48.5 Å². The van der Waals surface area contributed by atoms with Gasteiger partial charge < -0.3 is 14.7 Å². The second-order valence-corrected chi connectivity index (χ2v) is 5.77. The number of aliphatic hydroxyl groups is 1. The molecule has 0 aromatic heterocycles. The molecule has 1 aliphatic heterocycles. The Balaban J connectivity index is 2.52. The zero-order valence-electron chi connectivity index (χ0n) is 11.9. The van der Waals surface area contributed by atoms with Crippen LogP contribution < -0.4 is 0 Å². The number of hydrogen-bond donors (Lipinski definition) is 1. The lowest BCUT2D eigenvalue weighted by atomic mass is 9.81. The molecule has 102 valence electrons. The highest BCUT2D eigenvalue weighted by Gasteiger charge is 2.35. The molecule has 1 aliphatic rings. The molecule has 1 saturated heterocycles. The maximum atomic E-state index is 10.8. The van der Waals surface area contributed by atoms with Crippen LogP contribution in [0.25, 0.3) is 0 Å². The van der Waals surface area contributed by atoms with Gasteiger partial charge in [0.05, 0.1) is 5.60 Å². The summed E-state index contributed by atoms with van der Waals surface area (Å²) in [6.07, 6.45) is 3.89. The zero-order valence-corrected chi connectivity index (χ0v) is 11.9. The molecule has 0 radical (unpaired) electrons. The highest BCUT2D eigenvalue weighted by molar-refractivity contribution is 4.88. The van der Waals surface area contributed by atoms with Gasteiger partial charge in [-0.1, -0.05) is 6.92 Å². The summed E-state index contributed by atoms with van der Waals surface area (Å²) < 4.78 is 5.12. The average molecular weight is 243 g/mol. The summed E-state index contributed by atoms with van der Waals surface area (Å²) in [6.45, 7) is 9.52. The fraction of sp³-hybridized carbons (Fsp3) is 1.00. The van der Waals surface area contributed by atoms with Gasteiger partial charge in [0.15, 0.2) is 0 Å². The molecule has 1 fully saturated rings. The summed E-state index contributed by atoms with van der Waals surface area (Å²) in [7, 11) is 1.73. The van der Waals surface area contributed by atoms with Crippen molar-refractivity contribution in [3.63, 3.8) is 0 Å². The van der Waals surface area contributed by atoms with E-state index in [0.717, 1.165) is 45.4 Å². The molecule has 0 amide bonds. The summed E-state index contributed by atoms with van der Waals surface area (Å²) in [6, 6.07) is 0.589. The highest BCUT2D eigenvalue weighted by Crippen LogP contribution is 2.32. The van der Waals surface area contributed by atoms with E-state index in [-0.39, 0.29) is 0 Å². The van der Waals surface area contributed by atoms with Crippen molar-refractivity contribution in [3.8, 4) is 0 Å². The molecule has 1 N–H and O–H groups in total. The van der Waals surface area contributed by atoms with Gasteiger partial charge in [0.25, 0.3) is 0 Å². The van der Waals surface area contributed by atoms with E-state index in [0.29, 0.717) is 12.0 Å². The molecule has 17 heavy (non-hydrogen) atoms. The van der Waals surface area contributed by atoms with Crippen LogP contribution in [0.4, 0.5) is 0 Å². The summed E-state index contributed by atoms with van der Waals surface area (Å²) in [5.41, 5.74) is -0.484. The maximum absolute atomic E-state index is 10.8. The molecule has 2 unspecified atom stereocenters. The number of hydrogen-bond acceptors (Lipinski definition) is 3. The van der Waals surface area contributed by atoms with Gasteiger partial charge in [0, 0.05) is 26.3 Å². The Morgan fingerprint density at radius 1 is 1.24 bits per heavy atom. The minimum Gasteiger partial charge on any atom is -0.390 e. The molecule has 0 aliphatic carbocycles. The van der Waals surface area contributed by atoms with E-state index in [1.807, 2.05) is 0 Å². The molecule has 3 nitrogen and oxygen atoms in total. The SMILES string of the molecule is COCCC(C)C1(O)CCCN(C(C)C)CC1. The van der Waals surface area contributed by atoms with Crippen LogP contribution >= 0.6 is 0 Å². The smallest absolute Gasteiger partial charge is 0.0686 e. The van der Waals surface area contributed by atoms with Gasteiger partial charge >= 0.3 is 0 Å². The van der Waals surface area contributed by atoms with Gasteiger partial charge in [-0.3, -0.25) is 0 Å². The maximum Gasteiger partial charge on any atom is 0.0686 e. The molecule has 0 saturated carbocycles. The zero-order chi connectivity index (χ0) is 12.9. The summed E-state index contributed by atoms with van der Waals surface area (Å²) >= 11 is 0. The second kappa shape index (κ2) is 6.72. The third kappa shape index (κ3) is 4.23. The molecule has 0 aromatic rings. The normalized spacial score (nSPS) is 29.3. The monoisotopic (exact) mass is 243 g/mol. The van der Waals surface area contributed by atoms with Crippen LogP contribution in [-0.2, 0) is 4.74 Å². The van der Waals surface area contributed by atoms with Crippen LogP contribution in [0.15, 0.2) is 0 Å². The van der Waals surface area contributed by atoms with Crippen molar-refractivity contribution in [1.82, 2.24) is 4.90 Å². The molecular weight excluding hydrogens is 214 g/mol. The topological polar surface area (TPSA) is 32.7 Å². The Morgan fingerprint density at radius 2 is 1.94 bits per heavy atom. The van der Waals surface area contributed by atoms with Crippen molar-refractivity contribution >= 4 is 0 Å². The molecule has 2 atom stereocenters. The van der Waals surface area contributed by atoms with Crippen LogP contribution in [0.2, 0.25) is 0 Å². The fourth-order valence-electron chi connectivity index (χ4n) is 2.73. The van der Waals surface area contributed by atoms with Crippen molar-refractivity contribution in [2.45, 2.75) is 58.1 Å². The minimum absolute atomic E-state index is 0.328. The predicted octanol–water partition coefficient (Wildman–Crippen LogP) is 2.28. The number of ether oxygens (including phenoxy) is 1. The first-order chi connectivity index (χ1) is 7.99. The van der Waals surface area contributed by atoms with E-state index in [1.165, 1.54) is 0 Å². The largest absolute Gasteiger partial charge is 0.390 e. The second-order valence-electron chi connectivity index (χ2n) is 5.77. The van der Waals surface area contributed by atoms with Gasteiger partial charge in [-0.2, -0.15) is 0 Å². The van der Waals surface area contributed by atoms with E-state index >= 15 is 0 Å². The van der Waals surface area contributed by atoms with Crippen LogP contribution in [0.1, 0.15) is 46.5 Å². The standard InChI is InChI=1S/C14H29NO2/c1-12(2)15-9-5-7-14(16,8-10-15)13(3)6-11-17-4/h12-13,16H,5-11H2,1-4H3. The Morgan fingerprint density at radius 3 is 2.53 bits per heavy atom. The van der Waals surface area contributed by atoms with Crippen LogP contribution in [0.5, 0.6) is 0 Å². The molecule has 1 heterocycles. The van der Waals surface area contributed by atoms with Gasteiger partial charge in [-0.25, -0.2) is 0 Å². The van der Waals surface area contributed by atoms with E-state index in [2.05, 4.69) is 25.7 Å². The Hall–Kier alpha value is -0.120. The summed E-state index contributed by atoms with van der Waals surface area (Å²) in [5, 5.41) is 10.8. The van der Waals surface area contributed by atoms with Crippen molar-refractivity contribution < 1.29 is 9.84 Å². The van der Waals surface area contributed by atoms with E-state index in [9.17, 15) is 5.11 Å². The van der Waals surface area contributed by atoms with E-state index in [1.54, 1.807) is 7.11 Å². The van der Waals surface area contributed by atoms with Gasteiger partial charge in [-0.05, 0) is 52.0 Å². The summed E-state index contributed by atoms with van der Waals surface area (Å²) in [5.74, 6) is 0.328. The lowest BCUT2D eigenvalue weighted by Gasteiger charge is -2.33. The Kier molecular flexibility index (Phi) is 5.90. The quantitative estimate of drug-likeness (QED) is 0.804. The molecule has 0 spiro atoms. The number of likely N-dealkylation sites (tertiary alicyclic amines) is 1. The first kappa shape index (κ1) is 14.9. The lowest BCUT2D eigenvalue weighted by molar-refractivity contribution is -0.0347. The fourth-order valence-corrected chi connectivity index (χ4v) is 2.73. The Bertz CT molecular complexity index is 220. The van der Waals surface area contributed by atoms with Gasteiger partial charge in [-0.15, -0.1) is 0 Å². The lowest BCUT2D eigenvalue weighted by Crippen LogP contribution is -2.39. The molecule has 1 rings (SSSR count). The number of rotatable bonds is 5. The van der Waals surface area contributed by atoms with Crippen molar-refractivity contribution in [2.24, 2.45) is 5.92 Å². The third-order valence-electron chi connectivity index (χ3n) is 4.29. The molecule has 0 bridgehead atoms. The molecule has 3 heteroatoms. The summed E-state index contributed by atoms with van der Waals surface area (Å²) in [4.78, 5) is 2.47. The molecule has 0 aromatic carbocycles. The first-order valence-electron chi connectivity index (χ1n) is 6.95. The number of methoxy groups -OCH3 is 1. The minimum atomic E-state index is -0.484.